The third-order valence-corrected chi connectivity index (χ3v) is 4.11. The van der Waals surface area contributed by atoms with Crippen LogP contribution in [0, 0.1) is 10.1 Å². The molecule has 0 fully saturated rings. The van der Waals surface area contributed by atoms with Crippen molar-refractivity contribution in [3.8, 4) is 5.75 Å². The summed E-state index contributed by atoms with van der Waals surface area (Å²) < 4.78 is 4.93. The number of hydrogen-bond donors (Lipinski definition) is 1. The van der Waals surface area contributed by atoms with Crippen LogP contribution in [0.2, 0.25) is 0 Å². The first-order chi connectivity index (χ1) is 13.8. The Labute approximate surface area is 164 Å². The second kappa shape index (κ2) is 7.89. The molecule has 1 aliphatic heterocycles. The minimum Gasteiger partial charge on any atom is -0.427 e. The largest absolute Gasteiger partial charge is 0.427 e. The lowest BCUT2D eigenvalue weighted by molar-refractivity contribution is -0.384. The van der Waals surface area contributed by atoms with Gasteiger partial charge in [-0.05, 0) is 18.2 Å². The van der Waals surface area contributed by atoms with Gasteiger partial charge >= 0.3 is 5.97 Å². The molecule has 1 aliphatic rings. The first kappa shape index (κ1) is 19.7. The van der Waals surface area contributed by atoms with E-state index in [1.165, 1.54) is 19.1 Å². The SMILES string of the molecule is CC(=O)Oc1cccc(NC(=O)CCN2C(=O)c3ccc([N+](=O)[O-])cc3C2=O)c1. The quantitative estimate of drug-likeness (QED) is 0.259. The minimum atomic E-state index is -0.682. The second-order valence-corrected chi connectivity index (χ2v) is 6.17. The molecule has 0 aromatic heterocycles. The normalized spacial score (nSPS) is 12.5. The zero-order chi connectivity index (χ0) is 21.1. The predicted molar refractivity (Wildman–Crippen MR) is 99.5 cm³/mol. The number of hydrogen-bond acceptors (Lipinski definition) is 7. The number of nitrogens with one attached hydrogen (secondary N) is 1. The highest BCUT2D eigenvalue weighted by Crippen LogP contribution is 2.27. The number of ether oxygens (including phenoxy) is 1. The Morgan fingerprint density at radius 1 is 1.10 bits per heavy atom. The van der Waals surface area contributed by atoms with Crippen LogP contribution in [0.25, 0.3) is 0 Å². The van der Waals surface area contributed by atoms with Crippen molar-refractivity contribution in [2.24, 2.45) is 0 Å². The molecule has 0 unspecified atom stereocenters. The molecule has 1 N–H and O–H groups in total. The fraction of sp³-hybridized carbons (Fsp3) is 0.158. The summed E-state index contributed by atoms with van der Waals surface area (Å²) in [5.41, 5.74) is 0.0951. The highest BCUT2D eigenvalue weighted by molar-refractivity contribution is 6.21. The lowest BCUT2D eigenvalue weighted by atomic mass is 10.1. The maximum Gasteiger partial charge on any atom is 0.308 e. The van der Waals surface area contributed by atoms with E-state index < -0.39 is 28.6 Å². The third-order valence-electron chi connectivity index (χ3n) is 4.11. The first-order valence-corrected chi connectivity index (χ1v) is 8.49. The Balaban J connectivity index is 1.63. The number of nitrogens with zero attached hydrogens (tertiary/aromatic N) is 2. The topological polar surface area (TPSA) is 136 Å². The van der Waals surface area contributed by atoms with E-state index in [1.807, 2.05) is 0 Å². The molecule has 0 spiro atoms. The molecule has 148 valence electrons. The van der Waals surface area contributed by atoms with Gasteiger partial charge in [0.05, 0.1) is 16.1 Å². The van der Waals surface area contributed by atoms with E-state index in [4.69, 9.17) is 4.74 Å². The summed E-state index contributed by atoms with van der Waals surface area (Å²) in [6.45, 7) is 1.07. The molecule has 3 amide bonds. The van der Waals surface area contributed by atoms with E-state index in [9.17, 15) is 29.3 Å². The lowest BCUT2D eigenvalue weighted by Gasteiger charge is -2.13. The average molecular weight is 397 g/mol. The minimum absolute atomic E-state index is 0.0568. The van der Waals surface area contributed by atoms with Crippen LogP contribution in [0.15, 0.2) is 42.5 Å². The van der Waals surface area contributed by atoms with Crippen LogP contribution in [0.5, 0.6) is 5.75 Å². The fourth-order valence-electron chi connectivity index (χ4n) is 2.84. The van der Waals surface area contributed by atoms with Gasteiger partial charge in [0.2, 0.25) is 5.91 Å². The van der Waals surface area contributed by atoms with E-state index >= 15 is 0 Å². The Morgan fingerprint density at radius 2 is 1.83 bits per heavy atom. The molecule has 10 heteroatoms. The van der Waals surface area contributed by atoms with E-state index in [2.05, 4.69) is 5.32 Å². The van der Waals surface area contributed by atoms with Gasteiger partial charge in [-0.25, -0.2) is 0 Å². The summed E-state index contributed by atoms with van der Waals surface area (Å²) in [5.74, 6) is -1.99. The molecular formula is C19H15N3O7. The zero-order valence-corrected chi connectivity index (χ0v) is 15.2. The zero-order valence-electron chi connectivity index (χ0n) is 15.2. The maximum absolute atomic E-state index is 12.4. The number of carbonyl (C=O) groups is 4. The van der Waals surface area contributed by atoms with Crippen molar-refractivity contribution >= 4 is 35.1 Å². The number of rotatable bonds is 6. The number of benzene rings is 2. The molecule has 0 aliphatic carbocycles. The fourth-order valence-corrected chi connectivity index (χ4v) is 2.84. The third kappa shape index (κ3) is 4.26. The summed E-state index contributed by atoms with van der Waals surface area (Å²) in [6.07, 6.45) is -0.175. The Bertz CT molecular complexity index is 1050. The molecule has 0 atom stereocenters. The van der Waals surface area contributed by atoms with Crippen molar-refractivity contribution in [3.05, 3.63) is 63.7 Å². The summed E-state index contributed by atoms with van der Waals surface area (Å²) in [6, 6.07) is 9.62. The summed E-state index contributed by atoms with van der Waals surface area (Å²) >= 11 is 0. The van der Waals surface area contributed by atoms with Gasteiger partial charge in [0, 0.05) is 43.8 Å². The molecule has 0 saturated carbocycles. The summed E-state index contributed by atoms with van der Waals surface area (Å²) in [4.78, 5) is 59.0. The van der Waals surface area contributed by atoms with Gasteiger partial charge in [0.15, 0.2) is 0 Å². The Morgan fingerprint density at radius 3 is 2.52 bits per heavy atom. The smallest absolute Gasteiger partial charge is 0.308 e. The molecule has 1 heterocycles. The predicted octanol–water partition coefficient (Wildman–Crippen LogP) is 2.14. The Hall–Kier alpha value is -4.08. The lowest BCUT2D eigenvalue weighted by Crippen LogP contribution is -2.32. The van der Waals surface area contributed by atoms with Gasteiger partial charge in [-0.1, -0.05) is 6.07 Å². The van der Waals surface area contributed by atoms with Crippen LogP contribution in [0.1, 0.15) is 34.1 Å². The molecule has 10 nitrogen and oxygen atoms in total. The van der Waals surface area contributed by atoms with Crippen molar-refractivity contribution in [3.63, 3.8) is 0 Å². The Kier molecular flexibility index (Phi) is 5.35. The second-order valence-electron chi connectivity index (χ2n) is 6.17. The molecule has 0 bridgehead atoms. The van der Waals surface area contributed by atoms with Gasteiger partial charge in [-0.3, -0.25) is 34.2 Å². The molecule has 29 heavy (non-hydrogen) atoms. The van der Waals surface area contributed by atoms with Gasteiger partial charge in [-0.15, -0.1) is 0 Å². The standard InChI is InChI=1S/C19H15N3O7/c1-11(23)29-14-4-2-3-12(9-14)20-17(24)7-8-21-18(25)15-6-5-13(22(27)28)10-16(15)19(21)26/h2-6,9-10H,7-8H2,1H3,(H,20,24). The number of non-ortho nitro benzene ring substituents is 1. The van der Waals surface area contributed by atoms with Crippen molar-refractivity contribution in [2.75, 3.05) is 11.9 Å². The van der Waals surface area contributed by atoms with Gasteiger partial charge in [0.1, 0.15) is 5.75 Å². The molecule has 3 rings (SSSR count). The van der Waals surface area contributed by atoms with Crippen LogP contribution >= 0.6 is 0 Å². The molecule has 2 aromatic rings. The number of nitro benzene ring substituents is 1. The van der Waals surface area contributed by atoms with E-state index in [0.29, 0.717) is 5.69 Å². The van der Waals surface area contributed by atoms with E-state index in [1.54, 1.807) is 18.2 Å². The van der Waals surface area contributed by atoms with Crippen molar-refractivity contribution < 1.29 is 28.8 Å². The van der Waals surface area contributed by atoms with Gasteiger partial charge < -0.3 is 10.1 Å². The molecule has 0 saturated heterocycles. The number of nitro groups is 1. The van der Waals surface area contributed by atoms with Gasteiger partial charge in [0.25, 0.3) is 17.5 Å². The number of esters is 1. The highest BCUT2D eigenvalue weighted by atomic mass is 16.6. The molecule has 2 aromatic carbocycles. The number of fused-ring (bicyclic) bond motifs is 1. The van der Waals surface area contributed by atoms with Crippen molar-refractivity contribution in [2.45, 2.75) is 13.3 Å². The van der Waals surface area contributed by atoms with Crippen LogP contribution < -0.4 is 10.1 Å². The number of carbonyl (C=O) groups excluding carboxylic acids is 4. The monoisotopic (exact) mass is 397 g/mol. The highest BCUT2D eigenvalue weighted by Gasteiger charge is 2.36. The van der Waals surface area contributed by atoms with Crippen LogP contribution in [-0.4, -0.2) is 40.1 Å². The van der Waals surface area contributed by atoms with E-state index in [0.717, 1.165) is 17.0 Å². The number of anilines is 1. The first-order valence-electron chi connectivity index (χ1n) is 8.49. The van der Waals surface area contributed by atoms with Crippen molar-refractivity contribution in [1.82, 2.24) is 4.90 Å². The summed E-state index contributed by atoms with van der Waals surface area (Å²) in [5, 5.41) is 13.4. The summed E-state index contributed by atoms with van der Waals surface area (Å²) in [7, 11) is 0. The number of amides is 3. The number of imide groups is 1. The van der Waals surface area contributed by atoms with Crippen molar-refractivity contribution in [1.29, 1.82) is 0 Å². The molecule has 0 radical (unpaired) electrons. The average Bonchev–Trinajstić information content (AvgIpc) is 2.90. The van der Waals surface area contributed by atoms with Crippen LogP contribution in [-0.2, 0) is 9.59 Å². The van der Waals surface area contributed by atoms with Crippen LogP contribution in [0.4, 0.5) is 11.4 Å². The molecular weight excluding hydrogens is 382 g/mol. The van der Waals surface area contributed by atoms with Crippen LogP contribution in [0.3, 0.4) is 0 Å². The van der Waals surface area contributed by atoms with Gasteiger partial charge in [-0.2, -0.15) is 0 Å². The van der Waals surface area contributed by atoms with E-state index in [-0.39, 0.29) is 35.5 Å². The maximum atomic E-state index is 12.4.